The summed E-state index contributed by atoms with van der Waals surface area (Å²) in [5.74, 6) is 0.558. The molecule has 0 bridgehead atoms. The fraction of sp³-hybridized carbons (Fsp3) is 0.130. The number of hydrogen-bond acceptors (Lipinski definition) is 5. The van der Waals surface area contributed by atoms with Gasteiger partial charge in [-0.1, -0.05) is 36.4 Å². The Morgan fingerprint density at radius 3 is 2.23 bits per heavy atom. The molecule has 0 aromatic heterocycles. The van der Waals surface area contributed by atoms with Gasteiger partial charge in [0.15, 0.2) is 0 Å². The number of amides is 2. The van der Waals surface area contributed by atoms with E-state index in [0.29, 0.717) is 24.7 Å². The second-order valence-corrected chi connectivity index (χ2v) is 6.35. The Kier molecular flexibility index (Phi) is 7.27. The number of para-hydroxylation sites is 2. The topological polar surface area (TPSA) is 103 Å². The number of rotatable bonds is 10. The van der Waals surface area contributed by atoms with Crippen LogP contribution < -0.4 is 25.8 Å². The lowest BCUT2D eigenvalue weighted by atomic mass is 10.1. The third kappa shape index (κ3) is 6.27. The molecule has 0 spiro atoms. The van der Waals surface area contributed by atoms with Gasteiger partial charge in [0.05, 0.1) is 17.8 Å². The highest BCUT2D eigenvalue weighted by molar-refractivity contribution is 6.03. The summed E-state index contributed by atoms with van der Waals surface area (Å²) in [5, 5.41) is 5.71. The lowest BCUT2D eigenvalue weighted by Crippen LogP contribution is -2.24. The molecular weight excluding hydrogens is 382 g/mol. The van der Waals surface area contributed by atoms with Gasteiger partial charge in [-0.25, -0.2) is 0 Å². The summed E-state index contributed by atoms with van der Waals surface area (Å²) in [7, 11) is 0. The maximum atomic E-state index is 12.2. The number of nitrogens with two attached hydrogens (primary N) is 1. The van der Waals surface area contributed by atoms with E-state index in [0.717, 1.165) is 11.4 Å². The number of carbonyl (C=O) groups is 2. The predicted octanol–water partition coefficient (Wildman–Crippen LogP) is 3.29. The molecule has 0 unspecified atom stereocenters. The number of carbonyl (C=O) groups excluding carboxylic acids is 2. The van der Waals surface area contributed by atoms with Crippen molar-refractivity contribution in [2.24, 2.45) is 5.73 Å². The Morgan fingerprint density at radius 1 is 0.800 bits per heavy atom. The molecule has 7 heteroatoms. The molecule has 0 saturated carbocycles. The Morgan fingerprint density at radius 2 is 1.47 bits per heavy atom. The molecule has 3 rings (SSSR count). The van der Waals surface area contributed by atoms with Gasteiger partial charge in [-0.05, 0) is 36.4 Å². The zero-order valence-electron chi connectivity index (χ0n) is 16.3. The Balaban J connectivity index is 1.46. The average Bonchev–Trinajstić information content (AvgIpc) is 2.77. The van der Waals surface area contributed by atoms with Gasteiger partial charge in [-0.3, -0.25) is 9.59 Å². The summed E-state index contributed by atoms with van der Waals surface area (Å²) >= 11 is 0. The van der Waals surface area contributed by atoms with Crippen molar-refractivity contribution >= 4 is 23.2 Å². The van der Waals surface area contributed by atoms with E-state index < -0.39 is 5.91 Å². The van der Waals surface area contributed by atoms with Gasteiger partial charge in [0.2, 0.25) is 5.91 Å². The van der Waals surface area contributed by atoms with Crippen LogP contribution in [0.4, 0.5) is 11.4 Å². The van der Waals surface area contributed by atoms with Crippen LogP contribution in [-0.2, 0) is 4.79 Å². The molecule has 7 nitrogen and oxygen atoms in total. The van der Waals surface area contributed by atoms with Gasteiger partial charge in [-0.2, -0.15) is 0 Å². The number of nitrogens with one attached hydrogen (secondary N) is 2. The van der Waals surface area contributed by atoms with Crippen LogP contribution >= 0.6 is 0 Å². The molecule has 0 atom stereocenters. The van der Waals surface area contributed by atoms with Crippen molar-refractivity contribution in [2.75, 3.05) is 30.4 Å². The van der Waals surface area contributed by atoms with Crippen LogP contribution in [0.25, 0.3) is 0 Å². The first-order chi connectivity index (χ1) is 14.6. The smallest absolute Gasteiger partial charge is 0.250 e. The van der Waals surface area contributed by atoms with Crippen molar-refractivity contribution < 1.29 is 19.1 Å². The zero-order chi connectivity index (χ0) is 21.2. The van der Waals surface area contributed by atoms with Gasteiger partial charge in [0.1, 0.15) is 24.7 Å². The lowest BCUT2D eigenvalue weighted by Gasteiger charge is -2.12. The molecule has 3 aromatic rings. The van der Waals surface area contributed by atoms with Crippen LogP contribution in [0.5, 0.6) is 11.5 Å². The molecule has 2 amide bonds. The molecule has 0 radical (unpaired) electrons. The predicted molar refractivity (Wildman–Crippen MR) is 116 cm³/mol. The number of ether oxygens (including phenoxy) is 2. The summed E-state index contributed by atoms with van der Waals surface area (Å²) in [6.45, 7) is 0.833. The third-order valence-corrected chi connectivity index (χ3v) is 4.12. The number of hydrogen-bond donors (Lipinski definition) is 3. The number of benzene rings is 3. The molecule has 4 N–H and O–H groups in total. The molecular formula is C23H23N3O4. The Hall–Kier alpha value is -4.00. The van der Waals surface area contributed by atoms with E-state index in [-0.39, 0.29) is 18.0 Å². The van der Waals surface area contributed by atoms with Crippen LogP contribution in [-0.4, -0.2) is 31.6 Å². The van der Waals surface area contributed by atoms with Crippen LogP contribution in [0.2, 0.25) is 0 Å². The van der Waals surface area contributed by atoms with Crippen molar-refractivity contribution in [3.05, 3.63) is 84.4 Å². The molecule has 0 aliphatic heterocycles. The van der Waals surface area contributed by atoms with Crippen LogP contribution in [0.15, 0.2) is 78.9 Å². The fourth-order valence-corrected chi connectivity index (χ4v) is 2.72. The maximum absolute atomic E-state index is 12.2. The summed E-state index contributed by atoms with van der Waals surface area (Å²) in [5.41, 5.74) is 6.70. The van der Waals surface area contributed by atoms with Gasteiger partial charge in [0, 0.05) is 11.8 Å². The number of primary amides is 1. The van der Waals surface area contributed by atoms with E-state index in [1.165, 1.54) is 0 Å². The second kappa shape index (κ2) is 10.5. The molecule has 154 valence electrons. The van der Waals surface area contributed by atoms with E-state index >= 15 is 0 Å². The summed E-state index contributed by atoms with van der Waals surface area (Å²) in [4.78, 5) is 23.7. The molecule has 0 saturated heterocycles. The maximum Gasteiger partial charge on any atom is 0.250 e. The quantitative estimate of drug-likeness (QED) is 0.449. The third-order valence-electron chi connectivity index (χ3n) is 4.12. The van der Waals surface area contributed by atoms with Gasteiger partial charge >= 0.3 is 0 Å². The SMILES string of the molecule is NC(=O)c1ccccc1NC(=O)CNc1cccc(OCCOc2ccccc2)c1. The minimum absolute atomic E-state index is 0.0215. The number of anilines is 2. The van der Waals surface area contributed by atoms with E-state index in [1.807, 2.05) is 48.5 Å². The first-order valence-electron chi connectivity index (χ1n) is 9.45. The van der Waals surface area contributed by atoms with Crippen molar-refractivity contribution in [1.29, 1.82) is 0 Å². The molecule has 0 fully saturated rings. The molecule has 0 heterocycles. The Bertz CT molecular complexity index is 993. The van der Waals surface area contributed by atoms with Crippen molar-refractivity contribution in [1.82, 2.24) is 0 Å². The zero-order valence-corrected chi connectivity index (χ0v) is 16.3. The lowest BCUT2D eigenvalue weighted by molar-refractivity contribution is -0.114. The van der Waals surface area contributed by atoms with Gasteiger partial charge in [0.25, 0.3) is 5.91 Å². The van der Waals surface area contributed by atoms with Gasteiger partial charge < -0.3 is 25.8 Å². The van der Waals surface area contributed by atoms with E-state index in [2.05, 4.69) is 10.6 Å². The van der Waals surface area contributed by atoms with E-state index in [1.54, 1.807) is 30.3 Å². The van der Waals surface area contributed by atoms with Gasteiger partial charge in [-0.15, -0.1) is 0 Å². The van der Waals surface area contributed by atoms with Crippen molar-refractivity contribution in [2.45, 2.75) is 0 Å². The summed E-state index contributed by atoms with van der Waals surface area (Å²) < 4.78 is 11.3. The summed E-state index contributed by atoms with van der Waals surface area (Å²) in [6.07, 6.45) is 0. The fourth-order valence-electron chi connectivity index (χ4n) is 2.72. The molecule has 0 aliphatic rings. The standard InChI is InChI=1S/C23H23N3O4/c24-23(28)20-11-4-5-12-21(20)26-22(27)16-25-17-7-6-10-19(15-17)30-14-13-29-18-8-2-1-3-9-18/h1-12,15,25H,13-14,16H2,(H2,24,28)(H,26,27). The molecule has 30 heavy (non-hydrogen) atoms. The van der Waals surface area contributed by atoms with E-state index in [4.69, 9.17) is 15.2 Å². The minimum Gasteiger partial charge on any atom is -0.490 e. The van der Waals surface area contributed by atoms with Crippen molar-refractivity contribution in [3.8, 4) is 11.5 Å². The van der Waals surface area contributed by atoms with Crippen LogP contribution in [0.3, 0.4) is 0 Å². The van der Waals surface area contributed by atoms with Crippen molar-refractivity contribution in [3.63, 3.8) is 0 Å². The normalized spacial score (nSPS) is 10.1. The molecule has 3 aromatic carbocycles. The Labute approximate surface area is 174 Å². The molecule has 0 aliphatic carbocycles. The highest BCUT2D eigenvalue weighted by Gasteiger charge is 2.10. The highest BCUT2D eigenvalue weighted by Crippen LogP contribution is 2.18. The first kappa shape index (κ1) is 20.7. The average molecular weight is 405 g/mol. The first-order valence-corrected chi connectivity index (χ1v) is 9.45. The monoisotopic (exact) mass is 405 g/mol. The summed E-state index contributed by atoms with van der Waals surface area (Å²) in [6, 6.07) is 23.4. The highest BCUT2D eigenvalue weighted by atomic mass is 16.5. The minimum atomic E-state index is -0.597. The largest absolute Gasteiger partial charge is 0.490 e. The van der Waals surface area contributed by atoms with E-state index in [9.17, 15) is 9.59 Å². The van der Waals surface area contributed by atoms with Crippen LogP contribution in [0.1, 0.15) is 10.4 Å². The van der Waals surface area contributed by atoms with Crippen LogP contribution in [0, 0.1) is 0 Å². The second-order valence-electron chi connectivity index (χ2n) is 6.35.